The number of unbranched alkanes of at least 4 members (excludes halogenated alkanes) is 25. The van der Waals surface area contributed by atoms with Crippen molar-refractivity contribution in [2.24, 2.45) is 0 Å². The summed E-state index contributed by atoms with van der Waals surface area (Å²) in [5, 5.41) is 0. The van der Waals surface area contributed by atoms with Gasteiger partial charge in [-0.2, -0.15) is 0 Å². The van der Waals surface area contributed by atoms with Gasteiger partial charge in [0.2, 0.25) is 0 Å². The summed E-state index contributed by atoms with van der Waals surface area (Å²) in [5.41, 5.74) is 0. The minimum atomic E-state index is -0.800. The molecule has 0 heterocycles. The maximum absolute atomic E-state index is 12.9. The molecule has 6 nitrogen and oxygen atoms in total. The summed E-state index contributed by atoms with van der Waals surface area (Å²) in [5.74, 6) is -0.946. The zero-order valence-corrected chi connectivity index (χ0v) is 45.0. The molecule has 0 aromatic carbocycles. The average Bonchev–Trinajstić information content (AvgIpc) is 3.35. The lowest BCUT2D eigenvalue weighted by molar-refractivity contribution is -0.167. The highest BCUT2D eigenvalue weighted by atomic mass is 16.6. The Morgan fingerprint density at radius 2 is 0.609 bits per heavy atom. The highest BCUT2D eigenvalue weighted by Gasteiger charge is 2.19. The Morgan fingerprint density at radius 1 is 0.319 bits per heavy atom. The van der Waals surface area contributed by atoms with Crippen molar-refractivity contribution in [3.63, 3.8) is 0 Å². The van der Waals surface area contributed by atoms with Gasteiger partial charge in [0.15, 0.2) is 6.10 Å². The zero-order chi connectivity index (χ0) is 50.0. The van der Waals surface area contributed by atoms with Gasteiger partial charge in [0.05, 0.1) is 0 Å². The Morgan fingerprint density at radius 3 is 1.03 bits per heavy atom. The topological polar surface area (TPSA) is 78.9 Å². The molecule has 0 fully saturated rings. The summed E-state index contributed by atoms with van der Waals surface area (Å²) in [6.07, 6.45) is 75.4. The van der Waals surface area contributed by atoms with E-state index < -0.39 is 6.10 Å². The Bertz CT molecular complexity index is 1380. The van der Waals surface area contributed by atoms with Crippen molar-refractivity contribution in [3.8, 4) is 0 Å². The lowest BCUT2D eigenvalue weighted by Crippen LogP contribution is -2.30. The summed E-state index contributed by atoms with van der Waals surface area (Å²) in [4.78, 5) is 38.1. The SMILES string of the molecule is CC/C=C\C/C=C\C/C=C\C/C=C\C/C=C\CCCCCC(=O)OCC(COC(=O)CCCCC/C=C\CCCCCCCC)OC(=O)CCCCCCCCCCCC/C=C\C=C/CCCCC. The summed E-state index contributed by atoms with van der Waals surface area (Å²) < 4.78 is 16.8. The lowest BCUT2D eigenvalue weighted by Gasteiger charge is -2.18. The van der Waals surface area contributed by atoms with Crippen LogP contribution in [-0.4, -0.2) is 37.2 Å². The molecule has 0 amide bonds. The molecule has 0 spiro atoms. The molecular formula is C63H106O6. The summed E-state index contributed by atoms with van der Waals surface area (Å²) in [6.45, 7) is 6.45. The van der Waals surface area contributed by atoms with Crippen LogP contribution in [0.3, 0.4) is 0 Å². The Labute approximate surface area is 426 Å². The number of hydrogen-bond donors (Lipinski definition) is 0. The minimum absolute atomic E-state index is 0.0977. The third kappa shape index (κ3) is 55.1. The van der Waals surface area contributed by atoms with Gasteiger partial charge in [0, 0.05) is 19.3 Å². The molecule has 0 N–H and O–H groups in total. The van der Waals surface area contributed by atoms with Gasteiger partial charge < -0.3 is 14.2 Å². The van der Waals surface area contributed by atoms with Crippen LogP contribution in [0.25, 0.3) is 0 Å². The summed E-state index contributed by atoms with van der Waals surface area (Å²) in [7, 11) is 0. The third-order valence-electron chi connectivity index (χ3n) is 12.1. The van der Waals surface area contributed by atoms with Crippen molar-refractivity contribution < 1.29 is 28.6 Å². The molecule has 1 atom stereocenters. The predicted molar refractivity (Wildman–Crippen MR) is 297 cm³/mol. The fraction of sp³-hybridized carbons (Fsp3) is 0.698. The van der Waals surface area contributed by atoms with Gasteiger partial charge in [0.25, 0.3) is 0 Å². The molecule has 0 aromatic heterocycles. The lowest BCUT2D eigenvalue weighted by atomic mass is 10.1. The van der Waals surface area contributed by atoms with Crippen LogP contribution in [0.4, 0.5) is 0 Å². The van der Waals surface area contributed by atoms with Crippen LogP contribution in [-0.2, 0) is 28.6 Å². The average molecular weight is 960 g/mol. The monoisotopic (exact) mass is 959 g/mol. The normalized spacial score (nSPS) is 12.8. The molecule has 69 heavy (non-hydrogen) atoms. The second-order valence-electron chi connectivity index (χ2n) is 18.8. The Balaban J connectivity index is 4.45. The van der Waals surface area contributed by atoms with Crippen molar-refractivity contribution in [1.29, 1.82) is 0 Å². The van der Waals surface area contributed by atoms with Gasteiger partial charge in [0.1, 0.15) is 13.2 Å². The smallest absolute Gasteiger partial charge is 0.306 e. The van der Waals surface area contributed by atoms with E-state index >= 15 is 0 Å². The molecule has 394 valence electrons. The van der Waals surface area contributed by atoms with Gasteiger partial charge >= 0.3 is 17.9 Å². The number of ether oxygens (including phenoxy) is 3. The van der Waals surface area contributed by atoms with Crippen molar-refractivity contribution in [2.75, 3.05) is 13.2 Å². The number of carbonyl (C=O) groups is 3. The molecular weight excluding hydrogens is 853 g/mol. The molecule has 0 aliphatic rings. The largest absolute Gasteiger partial charge is 0.462 e. The van der Waals surface area contributed by atoms with Crippen LogP contribution in [0.5, 0.6) is 0 Å². The van der Waals surface area contributed by atoms with Gasteiger partial charge in [-0.15, -0.1) is 0 Å². The zero-order valence-electron chi connectivity index (χ0n) is 45.0. The molecule has 0 aliphatic heterocycles. The van der Waals surface area contributed by atoms with Crippen molar-refractivity contribution >= 4 is 17.9 Å². The van der Waals surface area contributed by atoms with Crippen molar-refractivity contribution in [1.82, 2.24) is 0 Å². The van der Waals surface area contributed by atoms with E-state index in [1.807, 2.05) is 0 Å². The molecule has 0 saturated heterocycles. The van der Waals surface area contributed by atoms with E-state index in [4.69, 9.17) is 14.2 Å². The van der Waals surface area contributed by atoms with Gasteiger partial charge in [-0.3, -0.25) is 14.4 Å². The standard InChI is InChI=1S/C63H106O6/c1-4-7-10-13-16-19-22-25-27-29-31-33-35-38-41-44-47-50-53-56-62(65)68-59-60(58-67-61(64)55-52-49-46-43-40-37-24-21-18-15-12-9-6-3)69-63(66)57-54-51-48-45-42-39-36-34-32-30-28-26-23-20-17-14-11-8-5-2/h7,10,16-17,19-20,23,25-27,31,33,37-38,40-41,60H,4-6,8-9,11-15,18,21-22,24,28-30,32,34-36,39,42-59H2,1-3H3/b10-7-,19-16-,20-17-,26-23-,27-25-,33-31-,40-37-,41-38-. The minimum Gasteiger partial charge on any atom is -0.462 e. The second kappa shape index (κ2) is 56.9. The van der Waals surface area contributed by atoms with E-state index in [0.717, 1.165) is 109 Å². The molecule has 0 saturated carbocycles. The number of allylic oxidation sites excluding steroid dienone is 16. The van der Waals surface area contributed by atoms with E-state index in [1.165, 1.54) is 116 Å². The van der Waals surface area contributed by atoms with E-state index in [2.05, 4.69) is 118 Å². The van der Waals surface area contributed by atoms with Gasteiger partial charge in [-0.05, 0) is 116 Å². The summed E-state index contributed by atoms with van der Waals surface area (Å²) in [6, 6.07) is 0. The second-order valence-corrected chi connectivity index (χ2v) is 18.8. The number of esters is 3. The maximum atomic E-state index is 12.9. The van der Waals surface area contributed by atoms with E-state index in [0.29, 0.717) is 19.3 Å². The first-order valence-electron chi connectivity index (χ1n) is 28.8. The van der Waals surface area contributed by atoms with Crippen molar-refractivity contribution in [3.05, 3.63) is 97.2 Å². The van der Waals surface area contributed by atoms with E-state index in [1.54, 1.807) is 0 Å². The molecule has 0 aromatic rings. The van der Waals surface area contributed by atoms with E-state index in [9.17, 15) is 14.4 Å². The predicted octanol–water partition coefficient (Wildman–Crippen LogP) is 19.3. The summed E-state index contributed by atoms with van der Waals surface area (Å²) >= 11 is 0. The first kappa shape index (κ1) is 65.3. The van der Waals surface area contributed by atoms with Crippen LogP contribution in [0.1, 0.15) is 265 Å². The van der Waals surface area contributed by atoms with Gasteiger partial charge in [-0.1, -0.05) is 227 Å². The maximum Gasteiger partial charge on any atom is 0.306 e. The molecule has 0 bridgehead atoms. The van der Waals surface area contributed by atoms with Crippen LogP contribution < -0.4 is 0 Å². The first-order chi connectivity index (χ1) is 34.0. The van der Waals surface area contributed by atoms with Crippen LogP contribution in [0.2, 0.25) is 0 Å². The Kier molecular flexibility index (Phi) is 53.9. The molecule has 0 rings (SSSR count). The molecule has 0 aliphatic carbocycles. The van der Waals surface area contributed by atoms with E-state index in [-0.39, 0.29) is 31.1 Å². The Hall–Kier alpha value is -3.67. The number of carbonyl (C=O) groups excluding carboxylic acids is 3. The fourth-order valence-electron chi connectivity index (χ4n) is 7.75. The fourth-order valence-corrected chi connectivity index (χ4v) is 7.75. The molecule has 1 unspecified atom stereocenters. The quantitative estimate of drug-likeness (QED) is 0.0199. The first-order valence-corrected chi connectivity index (χ1v) is 28.8. The third-order valence-corrected chi connectivity index (χ3v) is 12.1. The number of rotatable bonds is 51. The van der Waals surface area contributed by atoms with Crippen LogP contribution in [0, 0.1) is 0 Å². The molecule has 6 heteroatoms. The molecule has 0 radical (unpaired) electrons. The highest BCUT2D eigenvalue weighted by molar-refractivity contribution is 5.71. The highest BCUT2D eigenvalue weighted by Crippen LogP contribution is 2.15. The van der Waals surface area contributed by atoms with Crippen molar-refractivity contribution in [2.45, 2.75) is 271 Å². The van der Waals surface area contributed by atoms with Crippen LogP contribution >= 0.6 is 0 Å². The van der Waals surface area contributed by atoms with Gasteiger partial charge in [-0.25, -0.2) is 0 Å². The number of hydrogen-bond acceptors (Lipinski definition) is 6. The van der Waals surface area contributed by atoms with Crippen LogP contribution in [0.15, 0.2) is 97.2 Å².